The molecule has 2 unspecified atom stereocenters. The number of nitrogens with zero attached hydrogens (tertiary/aromatic N) is 1. The van der Waals surface area contributed by atoms with Crippen LogP contribution in [0.5, 0.6) is 0 Å². The van der Waals surface area contributed by atoms with E-state index in [9.17, 15) is 4.79 Å². The van der Waals surface area contributed by atoms with Gasteiger partial charge in [-0.05, 0) is 19.3 Å². The summed E-state index contributed by atoms with van der Waals surface area (Å²) in [6.07, 6.45) is 3.45. The van der Waals surface area contributed by atoms with Crippen LogP contribution in [-0.4, -0.2) is 42.1 Å². The van der Waals surface area contributed by atoms with E-state index in [0.717, 1.165) is 25.8 Å². The largest absolute Gasteiger partial charge is 0.345 e. The van der Waals surface area contributed by atoms with Gasteiger partial charge >= 0.3 is 7.48 Å². The molecular weight excluding hydrogens is 195 g/mol. The summed E-state index contributed by atoms with van der Waals surface area (Å²) in [5.41, 5.74) is 5.77. The topological polar surface area (TPSA) is 75.8 Å². The highest BCUT2D eigenvalue weighted by molar-refractivity contribution is 6.30. The van der Waals surface area contributed by atoms with Gasteiger partial charge in [-0.15, -0.1) is 0 Å². The number of nitrogens with two attached hydrogens (primary N) is 1. The van der Waals surface area contributed by atoms with Gasteiger partial charge < -0.3 is 15.4 Å². The fraction of sp³-hybridized carbons (Fsp3) is 0.889. The summed E-state index contributed by atoms with van der Waals surface area (Å²) in [5, 5.41) is 8.40. The minimum Gasteiger partial charge on any atom is -0.343 e. The molecular formula is C9H19BN2O3. The smallest absolute Gasteiger partial charge is 0.343 e. The molecule has 1 amide bonds. The van der Waals surface area contributed by atoms with Gasteiger partial charge in [0.05, 0.1) is 6.04 Å². The number of carbonyl (C=O) groups is 1. The number of rotatable bonds is 5. The first kappa shape index (κ1) is 12.5. The van der Waals surface area contributed by atoms with E-state index in [1.807, 2.05) is 6.92 Å². The van der Waals surface area contributed by atoms with Crippen LogP contribution in [0, 0.1) is 0 Å². The quantitative estimate of drug-likeness (QED) is 0.380. The van der Waals surface area contributed by atoms with Gasteiger partial charge in [0.1, 0.15) is 0 Å². The number of hydrogen-bond donors (Lipinski definition) is 2. The first-order chi connectivity index (χ1) is 7.20. The van der Waals surface area contributed by atoms with Crippen LogP contribution in [-0.2, 0) is 9.60 Å². The molecule has 1 aliphatic rings. The van der Waals surface area contributed by atoms with E-state index in [2.05, 4.69) is 4.81 Å². The molecule has 6 heteroatoms. The molecule has 0 aromatic heterocycles. The molecule has 0 spiro atoms. The molecule has 5 nitrogen and oxygen atoms in total. The lowest BCUT2D eigenvalue weighted by Crippen LogP contribution is -2.48. The van der Waals surface area contributed by atoms with Crippen LogP contribution in [0.1, 0.15) is 32.6 Å². The lowest BCUT2D eigenvalue weighted by atomic mass is 9.86. The van der Waals surface area contributed by atoms with Crippen molar-refractivity contribution in [3.8, 4) is 0 Å². The van der Waals surface area contributed by atoms with Crippen molar-refractivity contribution < 1.29 is 14.9 Å². The molecule has 0 saturated carbocycles. The van der Waals surface area contributed by atoms with Crippen molar-refractivity contribution in [3.05, 3.63) is 0 Å². The summed E-state index contributed by atoms with van der Waals surface area (Å²) >= 11 is 0. The molecule has 1 fully saturated rings. The lowest BCUT2D eigenvalue weighted by Gasteiger charge is -2.25. The van der Waals surface area contributed by atoms with Crippen molar-refractivity contribution in [2.45, 2.75) is 44.6 Å². The Morgan fingerprint density at radius 1 is 1.80 bits per heavy atom. The Balaban J connectivity index is 2.50. The second kappa shape index (κ2) is 6.10. The summed E-state index contributed by atoms with van der Waals surface area (Å²) in [6, 6.07) is -0.408. The van der Waals surface area contributed by atoms with Gasteiger partial charge in [-0.25, -0.2) is 0 Å². The fourth-order valence-electron chi connectivity index (χ4n) is 2.03. The Morgan fingerprint density at radius 3 is 3.13 bits per heavy atom. The van der Waals surface area contributed by atoms with Gasteiger partial charge in [0, 0.05) is 12.5 Å². The Morgan fingerprint density at radius 2 is 2.53 bits per heavy atom. The number of likely N-dealkylation sites (tertiary alicyclic amines) is 1. The number of amides is 1. The Hall–Kier alpha value is -0.585. The Bertz CT molecular complexity index is 216. The summed E-state index contributed by atoms with van der Waals surface area (Å²) in [5.74, 6) is -0.0261. The molecule has 0 aromatic rings. The zero-order valence-corrected chi connectivity index (χ0v) is 9.19. The predicted octanol–water partition coefficient (Wildman–Crippen LogP) is -0.0966. The molecule has 0 aliphatic carbocycles. The number of hydrogen-bond acceptors (Lipinski definition) is 4. The lowest BCUT2D eigenvalue weighted by molar-refractivity contribution is -0.144. The van der Waals surface area contributed by atoms with Crippen LogP contribution in [0.25, 0.3) is 0 Å². The fourth-order valence-corrected chi connectivity index (χ4v) is 2.03. The van der Waals surface area contributed by atoms with Crippen molar-refractivity contribution in [1.29, 1.82) is 0 Å². The standard InChI is InChI=1S/C9H19BN2O3/c1-2-4-7(11)9(13)12-6-3-5-8(12)10-15-14/h7-8,10,14H,2-6,11H2,1H3. The van der Waals surface area contributed by atoms with E-state index in [0.29, 0.717) is 6.42 Å². The van der Waals surface area contributed by atoms with Crippen LogP contribution in [0.2, 0.25) is 0 Å². The first-order valence-corrected chi connectivity index (χ1v) is 5.53. The maximum atomic E-state index is 11.9. The van der Waals surface area contributed by atoms with Crippen molar-refractivity contribution in [2.24, 2.45) is 5.73 Å². The molecule has 1 heterocycles. The Kier molecular flexibility index (Phi) is 5.07. The van der Waals surface area contributed by atoms with Gasteiger partial charge in [-0.3, -0.25) is 10.1 Å². The van der Waals surface area contributed by atoms with E-state index >= 15 is 0 Å². The molecule has 0 aromatic carbocycles. The van der Waals surface area contributed by atoms with Crippen molar-refractivity contribution in [1.82, 2.24) is 4.90 Å². The summed E-state index contributed by atoms with van der Waals surface area (Å²) in [4.78, 5) is 17.7. The van der Waals surface area contributed by atoms with Gasteiger partial charge in [-0.1, -0.05) is 13.3 Å². The van der Waals surface area contributed by atoms with E-state index < -0.39 is 6.04 Å². The Labute approximate surface area is 90.8 Å². The number of carbonyl (C=O) groups excluding carboxylic acids is 1. The van der Waals surface area contributed by atoms with Crippen LogP contribution in [0.15, 0.2) is 0 Å². The zero-order valence-electron chi connectivity index (χ0n) is 9.19. The maximum absolute atomic E-state index is 11.9. The summed E-state index contributed by atoms with van der Waals surface area (Å²) in [7, 11) is 0.185. The zero-order chi connectivity index (χ0) is 11.3. The summed E-state index contributed by atoms with van der Waals surface area (Å²) < 4.78 is 0. The third kappa shape index (κ3) is 3.19. The highest BCUT2D eigenvalue weighted by Crippen LogP contribution is 2.17. The van der Waals surface area contributed by atoms with Crippen LogP contribution in [0.3, 0.4) is 0 Å². The van der Waals surface area contributed by atoms with Crippen molar-refractivity contribution >= 4 is 13.4 Å². The normalized spacial score (nSPS) is 22.9. The molecule has 86 valence electrons. The summed E-state index contributed by atoms with van der Waals surface area (Å²) in [6.45, 7) is 2.73. The van der Waals surface area contributed by atoms with Gasteiger partial charge in [0.25, 0.3) is 0 Å². The average Bonchev–Trinajstić information content (AvgIpc) is 2.66. The van der Waals surface area contributed by atoms with Crippen LogP contribution >= 0.6 is 0 Å². The van der Waals surface area contributed by atoms with Crippen LogP contribution in [0.4, 0.5) is 0 Å². The van der Waals surface area contributed by atoms with E-state index in [1.54, 1.807) is 4.90 Å². The molecule has 3 N–H and O–H groups in total. The molecule has 15 heavy (non-hydrogen) atoms. The van der Waals surface area contributed by atoms with Crippen molar-refractivity contribution in [3.63, 3.8) is 0 Å². The maximum Gasteiger partial charge on any atom is 0.345 e. The van der Waals surface area contributed by atoms with E-state index in [-0.39, 0.29) is 19.3 Å². The SMILES string of the molecule is CCCC(N)C(=O)N1CCCC1BOO. The average molecular weight is 214 g/mol. The minimum absolute atomic E-state index is 0.00888. The van der Waals surface area contributed by atoms with E-state index in [4.69, 9.17) is 11.0 Å². The minimum atomic E-state index is -0.408. The predicted molar refractivity (Wildman–Crippen MR) is 58.5 cm³/mol. The van der Waals surface area contributed by atoms with Gasteiger partial charge in [0.15, 0.2) is 0 Å². The van der Waals surface area contributed by atoms with Gasteiger partial charge in [-0.2, -0.15) is 0 Å². The second-order valence-corrected chi connectivity index (χ2v) is 4.02. The molecule has 1 saturated heterocycles. The molecule has 0 bridgehead atoms. The van der Waals surface area contributed by atoms with Gasteiger partial charge in [0.2, 0.25) is 5.91 Å². The third-order valence-electron chi connectivity index (χ3n) is 2.84. The van der Waals surface area contributed by atoms with E-state index in [1.165, 1.54) is 0 Å². The third-order valence-corrected chi connectivity index (χ3v) is 2.84. The van der Waals surface area contributed by atoms with Crippen molar-refractivity contribution in [2.75, 3.05) is 6.54 Å². The monoisotopic (exact) mass is 214 g/mol. The van der Waals surface area contributed by atoms with Crippen LogP contribution < -0.4 is 5.73 Å². The molecule has 1 aliphatic heterocycles. The highest BCUT2D eigenvalue weighted by Gasteiger charge is 2.32. The first-order valence-electron chi connectivity index (χ1n) is 5.53. The highest BCUT2D eigenvalue weighted by atomic mass is 17.1. The molecule has 0 radical (unpaired) electrons. The second-order valence-electron chi connectivity index (χ2n) is 4.02. The molecule has 2 atom stereocenters. The molecule has 1 rings (SSSR count).